The third kappa shape index (κ3) is 7.26. The topological polar surface area (TPSA) is 134 Å². The number of urea groups is 1. The van der Waals surface area contributed by atoms with Gasteiger partial charge in [-0.05, 0) is 91.9 Å². The maximum Gasteiger partial charge on any atom is 0.329 e. The van der Waals surface area contributed by atoms with E-state index in [2.05, 4.69) is 47.4 Å². The Labute approximate surface area is 277 Å². The van der Waals surface area contributed by atoms with Gasteiger partial charge in [-0.3, -0.25) is 19.7 Å². The van der Waals surface area contributed by atoms with Crippen LogP contribution in [0.1, 0.15) is 63.0 Å². The number of carbonyl (C=O) groups excluding carboxylic acids is 2. The Morgan fingerprint density at radius 3 is 2.39 bits per heavy atom. The van der Waals surface area contributed by atoms with Gasteiger partial charge < -0.3 is 10.6 Å². The fourth-order valence-electron chi connectivity index (χ4n) is 7.19. The van der Waals surface area contributed by atoms with E-state index in [9.17, 15) is 18.0 Å². The maximum absolute atomic E-state index is 13.3. The van der Waals surface area contributed by atoms with Crippen molar-refractivity contribution in [2.75, 3.05) is 44.2 Å². The maximum atomic E-state index is 13.3. The summed E-state index contributed by atoms with van der Waals surface area (Å²) in [6.45, 7) is 8.74. The predicted molar refractivity (Wildman–Crippen MR) is 182 cm³/mol. The average Bonchev–Trinajstić information content (AvgIpc) is 3.32. The van der Waals surface area contributed by atoms with Gasteiger partial charge in [0.25, 0.3) is 0 Å². The van der Waals surface area contributed by atoms with Crippen molar-refractivity contribution in [2.24, 2.45) is 18.2 Å². The molecule has 6 rings (SSSR count). The summed E-state index contributed by atoms with van der Waals surface area (Å²) >= 11 is 0. The summed E-state index contributed by atoms with van der Waals surface area (Å²) < 4.78 is 30.0. The lowest BCUT2D eigenvalue weighted by molar-refractivity contribution is -0.120. The van der Waals surface area contributed by atoms with Crippen molar-refractivity contribution in [1.82, 2.24) is 24.3 Å². The molecule has 0 aliphatic carbocycles. The number of nitrogens with two attached hydrogens (primary N) is 1. The second-order valence-corrected chi connectivity index (χ2v) is 15.7. The molecule has 3 fully saturated rings. The summed E-state index contributed by atoms with van der Waals surface area (Å²) in [4.78, 5) is 28.5. The molecule has 46 heavy (non-hydrogen) atoms. The van der Waals surface area contributed by atoms with Crippen LogP contribution in [0, 0.1) is 5.41 Å². The third-order valence-electron chi connectivity index (χ3n) is 9.59. The number of nitrogens with zero attached hydrogens (tertiary/aromatic N) is 5. The van der Waals surface area contributed by atoms with Crippen LogP contribution in [-0.2, 0) is 28.3 Å². The molecule has 3 saturated heterocycles. The molecule has 11 nitrogen and oxygen atoms in total. The molecule has 250 valence electrons. The Kier molecular flexibility index (Phi) is 10.1. The van der Waals surface area contributed by atoms with E-state index < -0.39 is 16.1 Å². The molecule has 0 radical (unpaired) electrons. The predicted octanol–water partition coefficient (Wildman–Crippen LogP) is 4.00. The monoisotopic (exact) mass is 671 g/mol. The molecular formula is C33H46ClN7O4S. The van der Waals surface area contributed by atoms with Crippen molar-refractivity contribution >= 4 is 51.1 Å². The largest absolute Gasteiger partial charge is 0.329 e. The van der Waals surface area contributed by atoms with Gasteiger partial charge in [-0.2, -0.15) is 9.40 Å². The molecule has 1 aromatic heterocycles. The number of carbonyl (C=O) groups is 2. The Morgan fingerprint density at radius 2 is 1.70 bits per heavy atom. The number of aromatic nitrogens is 2. The van der Waals surface area contributed by atoms with Crippen molar-refractivity contribution < 1.29 is 18.0 Å². The third-order valence-corrected chi connectivity index (χ3v) is 11.5. The van der Waals surface area contributed by atoms with Crippen molar-refractivity contribution in [1.29, 1.82) is 0 Å². The number of rotatable bonds is 8. The Balaban J connectivity index is 0.00000417. The van der Waals surface area contributed by atoms with Crippen LogP contribution in [0.5, 0.6) is 0 Å². The number of imide groups is 1. The Bertz CT molecular complexity index is 1690. The number of aryl methyl sites for hydroxylation is 1. The van der Waals surface area contributed by atoms with Crippen molar-refractivity contribution in [3.63, 3.8) is 0 Å². The second-order valence-electron chi connectivity index (χ2n) is 13.8. The zero-order valence-corrected chi connectivity index (χ0v) is 28.6. The van der Waals surface area contributed by atoms with Crippen LogP contribution in [0.2, 0.25) is 0 Å². The number of halogens is 1. The Morgan fingerprint density at radius 1 is 0.978 bits per heavy atom. The van der Waals surface area contributed by atoms with Gasteiger partial charge in [0, 0.05) is 51.1 Å². The molecule has 3 N–H and O–H groups in total. The number of anilines is 1. The summed E-state index contributed by atoms with van der Waals surface area (Å²) in [5, 5.41) is 7.92. The van der Waals surface area contributed by atoms with Crippen LogP contribution in [-0.4, -0.2) is 84.7 Å². The number of nitrogens with one attached hydrogen (secondary N) is 1. The van der Waals surface area contributed by atoms with Gasteiger partial charge in [0.15, 0.2) is 5.82 Å². The lowest BCUT2D eigenvalue weighted by atomic mass is 9.83. The molecule has 0 saturated carbocycles. The zero-order chi connectivity index (χ0) is 31.9. The number of sulfonamides is 1. The van der Waals surface area contributed by atoms with Crippen LogP contribution in [0.3, 0.4) is 0 Å². The highest BCUT2D eigenvalue weighted by atomic mass is 35.5. The molecule has 0 spiro atoms. The lowest BCUT2D eigenvalue weighted by Gasteiger charge is -2.38. The highest BCUT2D eigenvalue weighted by Gasteiger charge is 2.31. The van der Waals surface area contributed by atoms with E-state index >= 15 is 0 Å². The number of amides is 3. The van der Waals surface area contributed by atoms with E-state index in [1.54, 1.807) is 15.3 Å². The van der Waals surface area contributed by atoms with E-state index in [4.69, 9.17) is 5.73 Å². The van der Waals surface area contributed by atoms with E-state index in [1.807, 2.05) is 29.9 Å². The first kappa shape index (κ1) is 34.3. The van der Waals surface area contributed by atoms with Gasteiger partial charge in [-0.25, -0.2) is 13.2 Å². The molecule has 2 aromatic carbocycles. The summed E-state index contributed by atoms with van der Waals surface area (Å²) in [6, 6.07) is 13.5. The molecule has 13 heteroatoms. The minimum atomic E-state index is -3.52. The van der Waals surface area contributed by atoms with E-state index in [0.29, 0.717) is 49.1 Å². The van der Waals surface area contributed by atoms with Gasteiger partial charge in [0.1, 0.15) is 0 Å². The van der Waals surface area contributed by atoms with E-state index in [-0.39, 0.29) is 36.2 Å². The summed E-state index contributed by atoms with van der Waals surface area (Å²) in [6.07, 6.45) is 4.56. The zero-order valence-electron chi connectivity index (χ0n) is 26.9. The first-order valence-corrected chi connectivity index (χ1v) is 17.5. The molecule has 3 aromatic rings. The molecular weight excluding hydrogens is 626 g/mol. The van der Waals surface area contributed by atoms with Crippen LogP contribution < -0.4 is 16.0 Å². The number of benzene rings is 2. The van der Waals surface area contributed by atoms with Crippen LogP contribution in [0.4, 0.5) is 10.6 Å². The van der Waals surface area contributed by atoms with Gasteiger partial charge >= 0.3 is 6.03 Å². The molecule has 3 amide bonds. The SMILES string of the molecule is Cl.Cn1nc(N2CCC(=O)NC2=O)c2ccc(C3CCN(CC(C)(C)Cc4cccc(S(=O)(=O)N5CCC(N)CC5)c4)CC3)cc21. The fourth-order valence-corrected chi connectivity index (χ4v) is 8.73. The highest BCUT2D eigenvalue weighted by Crippen LogP contribution is 2.35. The molecule has 0 atom stereocenters. The minimum absolute atomic E-state index is 0. The van der Waals surface area contributed by atoms with Crippen LogP contribution in [0.15, 0.2) is 47.4 Å². The molecule has 0 bridgehead atoms. The van der Waals surface area contributed by atoms with Crippen molar-refractivity contribution in [3.05, 3.63) is 53.6 Å². The van der Waals surface area contributed by atoms with Crippen LogP contribution >= 0.6 is 12.4 Å². The number of hydrogen-bond acceptors (Lipinski definition) is 7. The number of likely N-dealkylation sites (tertiary alicyclic amines) is 1. The fraction of sp³-hybridized carbons (Fsp3) is 0.545. The molecule has 4 heterocycles. The average molecular weight is 672 g/mol. The van der Waals surface area contributed by atoms with Gasteiger partial charge in [0.05, 0.1) is 10.4 Å². The number of piperidine rings is 2. The van der Waals surface area contributed by atoms with Crippen LogP contribution in [0.25, 0.3) is 10.9 Å². The highest BCUT2D eigenvalue weighted by molar-refractivity contribution is 7.89. The van der Waals surface area contributed by atoms with Gasteiger partial charge in [-0.15, -0.1) is 12.4 Å². The lowest BCUT2D eigenvalue weighted by Crippen LogP contribution is -2.49. The van der Waals surface area contributed by atoms with Gasteiger partial charge in [-0.1, -0.05) is 32.0 Å². The first-order valence-electron chi connectivity index (χ1n) is 16.0. The first-order chi connectivity index (χ1) is 21.4. The molecule has 3 aliphatic rings. The summed E-state index contributed by atoms with van der Waals surface area (Å²) in [5.74, 6) is 0.766. The second kappa shape index (κ2) is 13.6. The summed E-state index contributed by atoms with van der Waals surface area (Å²) in [7, 11) is -1.63. The van der Waals surface area contributed by atoms with E-state index in [1.165, 1.54) is 5.56 Å². The normalized spacial score (nSPS) is 19.8. The number of fused-ring (bicyclic) bond motifs is 1. The molecule has 3 aliphatic heterocycles. The Hall–Kier alpha value is -3.03. The standard InChI is InChI=1S/C33H45N7O4S.ClH/c1-33(2,21-23-5-4-6-27(19-23)45(43,44)39-16-11-26(34)12-17-39)22-38-14-9-24(10-15-38)25-7-8-28-29(20-25)37(3)36-31(28)40-18-13-30(41)35-32(40)42;/h4-8,19-20,24,26H,9-18,21-22,34H2,1-3H3,(H,35,41,42);1H. The van der Waals surface area contributed by atoms with Gasteiger partial charge in [0.2, 0.25) is 15.9 Å². The molecule has 0 unspecified atom stereocenters. The minimum Gasteiger partial charge on any atom is -0.328 e. The van der Waals surface area contributed by atoms with Crippen molar-refractivity contribution in [3.8, 4) is 0 Å². The summed E-state index contributed by atoms with van der Waals surface area (Å²) in [5.41, 5.74) is 9.27. The van der Waals surface area contributed by atoms with Crippen molar-refractivity contribution in [2.45, 2.75) is 69.2 Å². The smallest absolute Gasteiger partial charge is 0.328 e. The quantitative estimate of drug-likeness (QED) is 0.370. The number of hydrogen-bond donors (Lipinski definition) is 2. The van der Waals surface area contributed by atoms with E-state index in [0.717, 1.165) is 55.4 Å².